The van der Waals surface area contributed by atoms with Crippen LogP contribution < -0.4 is 5.73 Å². The van der Waals surface area contributed by atoms with E-state index in [-0.39, 0.29) is 12.1 Å². The van der Waals surface area contributed by atoms with Gasteiger partial charge < -0.3 is 10.5 Å². The summed E-state index contributed by atoms with van der Waals surface area (Å²) in [6.45, 7) is 9.48. The van der Waals surface area contributed by atoms with Crippen LogP contribution in [0, 0.1) is 13.8 Å². The zero-order chi connectivity index (χ0) is 15.0. The Morgan fingerprint density at radius 2 is 1.85 bits per heavy atom. The molecule has 0 aliphatic carbocycles. The number of hydrogen-bond acceptors (Lipinski definition) is 4. The number of aryl methyl sites for hydroxylation is 2. The van der Waals surface area contributed by atoms with Crippen LogP contribution in [0.4, 0.5) is 5.95 Å². The third-order valence-electron chi connectivity index (χ3n) is 3.41. The molecular weight excluding hydrogens is 254 g/mol. The molecule has 0 saturated heterocycles. The minimum atomic E-state index is -0.496. The van der Waals surface area contributed by atoms with E-state index in [4.69, 9.17) is 10.5 Å². The number of benzene rings is 1. The Kier molecular flexibility index (Phi) is 3.70. The van der Waals surface area contributed by atoms with Crippen LogP contribution in [-0.2, 0) is 9.53 Å². The van der Waals surface area contributed by atoms with Gasteiger partial charge in [-0.3, -0.25) is 4.57 Å². The average Bonchev–Trinajstić information content (AvgIpc) is 2.63. The molecule has 1 aromatic carbocycles. The van der Waals surface area contributed by atoms with Gasteiger partial charge >= 0.3 is 5.97 Å². The summed E-state index contributed by atoms with van der Waals surface area (Å²) in [4.78, 5) is 16.4. The molecule has 1 heterocycles. The number of nitrogens with two attached hydrogens (primary N) is 1. The zero-order valence-electron chi connectivity index (χ0n) is 12.6. The molecule has 0 aliphatic heterocycles. The van der Waals surface area contributed by atoms with Gasteiger partial charge in [-0.15, -0.1) is 0 Å². The SMILES string of the molecule is Cc1cc2nc(N)n(C(C)C(=O)OC(C)C)c2cc1C. The Bertz CT molecular complexity index is 659. The van der Waals surface area contributed by atoms with Gasteiger partial charge in [-0.25, -0.2) is 9.78 Å². The number of ether oxygens (including phenoxy) is 1. The van der Waals surface area contributed by atoms with E-state index in [1.165, 1.54) is 0 Å². The number of rotatable bonds is 3. The van der Waals surface area contributed by atoms with Gasteiger partial charge in [0.25, 0.3) is 0 Å². The highest BCUT2D eigenvalue weighted by Gasteiger charge is 2.22. The lowest BCUT2D eigenvalue weighted by Gasteiger charge is -2.17. The molecule has 5 nitrogen and oxygen atoms in total. The van der Waals surface area contributed by atoms with Crippen molar-refractivity contribution in [2.24, 2.45) is 0 Å². The summed E-state index contributed by atoms with van der Waals surface area (Å²) < 4.78 is 6.98. The third kappa shape index (κ3) is 2.48. The number of carbonyl (C=O) groups excluding carboxylic acids is 1. The number of nitrogen functional groups attached to an aromatic ring is 1. The molecule has 0 saturated carbocycles. The molecule has 0 spiro atoms. The highest BCUT2D eigenvalue weighted by atomic mass is 16.5. The van der Waals surface area contributed by atoms with Gasteiger partial charge in [-0.05, 0) is 57.9 Å². The number of anilines is 1. The fourth-order valence-electron chi connectivity index (χ4n) is 2.21. The van der Waals surface area contributed by atoms with Crippen molar-refractivity contribution >= 4 is 23.0 Å². The largest absolute Gasteiger partial charge is 0.461 e. The second-order valence-electron chi connectivity index (χ2n) is 5.43. The summed E-state index contributed by atoms with van der Waals surface area (Å²) in [5.74, 6) is 0.0300. The number of carbonyl (C=O) groups is 1. The molecule has 1 unspecified atom stereocenters. The number of imidazole rings is 1. The van der Waals surface area contributed by atoms with Gasteiger partial charge in [0.2, 0.25) is 5.95 Å². The van der Waals surface area contributed by atoms with Crippen LogP contribution in [0.2, 0.25) is 0 Å². The van der Waals surface area contributed by atoms with Gasteiger partial charge in [-0.1, -0.05) is 0 Å². The van der Waals surface area contributed by atoms with Crippen LogP contribution in [0.5, 0.6) is 0 Å². The second kappa shape index (κ2) is 5.15. The molecule has 1 atom stereocenters. The average molecular weight is 275 g/mol. The molecule has 20 heavy (non-hydrogen) atoms. The third-order valence-corrected chi connectivity index (χ3v) is 3.41. The van der Waals surface area contributed by atoms with E-state index in [1.807, 2.05) is 39.8 Å². The van der Waals surface area contributed by atoms with Crippen LogP contribution in [0.1, 0.15) is 37.9 Å². The van der Waals surface area contributed by atoms with E-state index in [2.05, 4.69) is 4.98 Å². The molecule has 0 fully saturated rings. The van der Waals surface area contributed by atoms with Crippen LogP contribution in [0.15, 0.2) is 12.1 Å². The molecular formula is C15H21N3O2. The van der Waals surface area contributed by atoms with Crippen LogP contribution >= 0.6 is 0 Å². The Labute approximate surface area is 118 Å². The number of fused-ring (bicyclic) bond motifs is 1. The Hall–Kier alpha value is -2.04. The predicted octanol–water partition coefficient (Wildman–Crippen LogP) is 2.75. The van der Waals surface area contributed by atoms with E-state index in [1.54, 1.807) is 11.5 Å². The number of hydrogen-bond donors (Lipinski definition) is 1. The van der Waals surface area contributed by atoms with E-state index in [0.717, 1.165) is 22.2 Å². The van der Waals surface area contributed by atoms with Gasteiger partial charge in [0, 0.05) is 0 Å². The lowest BCUT2D eigenvalue weighted by Crippen LogP contribution is -2.23. The van der Waals surface area contributed by atoms with Crippen molar-refractivity contribution in [2.45, 2.75) is 46.8 Å². The molecule has 5 heteroatoms. The minimum Gasteiger partial charge on any atom is -0.461 e. The molecule has 0 radical (unpaired) electrons. The Balaban J connectivity index is 2.51. The van der Waals surface area contributed by atoms with E-state index in [0.29, 0.717) is 5.95 Å². The fraction of sp³-hybridized carbons (Fsp3) is 0.467. The Morgan fingerprint density at radius 3 is 2.45 bits per heavy atom. The van der Waals surface area contributed by atoms with Gasteiger partial charge in [-0.2, -0.15) is 0 Å². The molecule has 0 amide bonds. The molecule has 2 N–H and O–H groups in total. The van der Waals surface area contributed by atoms with Crippen molar-refractivity contribution in [3.8, 4) is 0 Å². The first-order valence-corrected chi connectivity index (χ1v) is 6.76. The quantitative estimate of drug-likeness (QED) is 0.874. The van der Waals surface area contributed by atoms with Gasteiger partial charge in [0.15, 0.2) is 0 Å². The highest BCUT2D eigenvalue weighted by molar-refractivity contribution is 5.84. The van der Waals surface area contributed by atoms with Crippen molar-refractivity contribution in [3.63, 3.8) is 0 Å². The Morgan fingerprint density at radius 1 is 1.25 bits per heavy atom. The molecule has 2 aromatic rings. The number of aromatic nitrogens is 2. The number of esters is 1. The molecule has 0 aliphatic rings. The lowest BCUT2D eigenvalue weighted by atomic mass is 10.1. The van der Waals surface area contributed by atoms with E-state index in [9.17, 15) is 4.79 Å². The summed E-state index contributed by atoms with van der Waals surface area (Å²) in [6, 6.07) is 3.50. The van der Waals surface area contributed by atoms with Crippen molar-refractivity contribution in [3.05, 3.63) is 23.3 Å². The fourth-order valence-corrected chi connectivity index (χ4v) is 2.21. The maximum Gasteiger partial charge on any atom is 0.329 e. The summed E-state index contributed by atoms with van der Waals surface area (Å²) in [6.07, 6.45) is -0.148. The molecule has 2 rings (SSSR count). The topological polar surface area (TPSA) is 70.1 Å². The summed E-state index contributed by atoms with van der Waals surface area (Å²) in [7, 11) is 0. The van der Waals surface area contributed by atoms with Crippen molar-refractivity contribution in [1.29, 1.82) is 0 Å². The first kappa shape index (κ1) is 14.4. The summed E-state index contributed by atoms with van der Waals surface area (Å²) in [5, 5.41) is 0. The second-order valence-corrected chi connectivity index (χ2v) is 5.43. The van der Waals surface area contributed by atoms with E-state index >= 15 is 0 Å². The van der Waals surface area contributed by atoms with Gasteiger partial charge in [0.1, 0.15) is 6.04 Å². The van der Waals surface area contributed by atoms with Crippen molar-refractivity contribution < 1.29 is 9.53 Å². The lowest BCUT2D eigenvalue weighted by molar-refractivity contribution is -0.150. The highest BCUT2D eigenvalue weighted by Crippen LogP contribution is 2.26. The van der Waals surface area contributed by atoms with E-state index < -0.39 is 6.04 Å². The van der Waals surface area contributed by atoms with Crippen LogP contribution in [0.25, 0.3) is 11.0 Å². The molecule has 0 bridgehead atoms. The van der Waals surface area contributed by atoms with Gasteiger partial charge in [0.05, 0.1) is 17.1 Å². The first-order chi connectivity index (χ1) is 9.31. The normalized spacial score (nSPS) is 12.9. The monoisotopic (exact) mass is 275 g/mol. The molecule has 108 valence electrons. The van der Waals surface area contributed by atoms with Crippen molar-refractivity contribution in [2.75, 3.05) is 5.73 Å². The summed E-state index contributed by atoms with van der Waals surface area (Å²) >= 11 is 0. The first-order valence-electron chi connectivity index (χ1n) is 6.76. The maximum atomic E-state index is 12.1. The smallest absolute Gasteiger partial charge is 0.329 e. The predicted molar refractivity (Wildman–Crippen MR) is 79.6 cm³/mol. The van der Waals surface area contributed by atoms with Crippen LogP contribution in [0.3, 0.4) is 0 Å². The summed E-state index contributed by atoms with van der Waals surface area (Å²) in [5.41, 5.74) is 9.92. The minimum absolute atomic E-state index is 0.148. The standard InChI is InChI=1S/C15H21N3O2/c1-8(2)20-14(19)11(5)18-13-7-10(4)9(3)6-12(13)17-15(18)16/h6-8,11H,1-5H3,(H2,16,17). The number of nitrogens with zero attached hydrogens (tertiary/aromatic N) is 2. The molecule has 1 aromatic heterocycles. The van der Waals surface area contributed by atoms with Crippen LogP contribution in [-0.4, -0.2) is 21.6 Å². The van der Waals surface area contributed by atoms with Crippen molar-refractivity contribution in [1.82, 2.24) is 9.55 Å². The maximum absolute atomic E-state index is 12.1. The zero-order valence-corrected chi connectivity index (χ0v) is 12.6.